The zero-order valence-corrected chi connectivity index (χ0v) is 19.8. The number of benzene rings is 2. The summed E-state index contributed by atoms with van der Waals surface area (Å²) < 4.78 is 47.4. The van der Waals surface area contributed by atoms with E-state index in [1.807, 2.05) is 12.1 Å². The highest BCUT2D eigenvalue weighted by molar-refractivity contribution is 6.33. The number of anilines is 1. The van der Waals surface area contributed by atoms with Gasteiger partial charge in [-0.15, -0.1) is 0 Å². The average molecular weight is 515 g/mol. The van der Waals surface area contributed by atoms with E-state index in [4.69, 9.17) is 27.9 Å². The minimum Gasteiger partial charge on any atom is -0.495 e. The van der Waals surface area contributed by atoms with Crippen molar-refractivity contribution >= 4 is 28.9 Å². The first-order valence-corrected chi connectivity index (χ1v) is 11.3. The number of aliphatic hydroxyl groups is 1. The van der Waals surface area contributed by atoms with Gasteiger partial charge >= 0.3 is 6.18 Å². The molecule has 1 N–H and O–H groups in total. The van der Waals surface area contributed by atoms with Gasteiger partial charge < -0.3 is 14.7 Å². The van der Waals surface area contributed by atoms with Crippen molar-refractivity contribution in [1.82, 2.24) is 14.7 Å². The monoisotopic (exact) mass is 514 g/mol. The number of hydrogen-bond donors (Lipinski definition) is 1. The molecule has 1 unspecified atom stereocenters. The van der Waals surface area contributed by atoms with Gasteiger partial charge in [-0.3, -0.25) is 9.58 Å². The largest absolute Gasteiger partial charge is 0.495 e. The minimum absolute atomic E-state index is 0.0308. The third kappa shape index (κ3) is 5.12. The highest BCUT2D eigenvalue weighted by atomic mass is 35.5. The maximum atomic E-state index is 13.8. The predicted octanol–water partition coefficient (Wildman–Crippen LogP) is 5.02. The molecular formula is C23H23Cl2F3N4O2. The second-order valence-corrected chi connectivity index (χ2v) is 8.66. The van der Waals surface area contributed by atoms with Crippen LogP contribution in [0, 0.1) is 0 Å². The summed E-state index contributed by atoms with van der Waals surface area (Å²) in [5, 5.41) is 14.9. The molecule has 1 atom stereocenters. The number of ether oxygens (including phenoxy) is 1. The quantitative estimate of drug-likeness (QED) is 0.500. The van der Waals surface area contributed by atoms with Crippen molar-refractivity contribution in [2.24, 2.45) is 0 Å². The summed E-state index contributed by atoms with van der Waals surface area (Å²) in [5.74, 6) is 0.561. The molecule has 2 heterocycles. The average Bonchev–Trinajstić information content (AvgIpc) is 3.16. The smallest absolute Gasteiger partial charge is 0.434 e. The van der Waals surface area contributed by atoms with E-state index in [1.165, 1.54) is 0 Å². The molecule has 6 nitrogen and oxygen atoms in total. The molecule has 3 aromatic rings. The van der Waals surface area contributed by atoms with Crippen molar-refractivity contribution in [3.8, 4) is 17.0 Å². The molecule has 1 saturated heterocycles. The van der Waals surface area contributed by atoms with Crippen molar-refractivity contribution in [2.75, 3.05) is 38.2 Å². The lowest BCUT2D eigenvalue weighted by atomic mass is 10.1. The van der Waals surface area contributed by atoms with Gasteiger partial charge in [0.25, 0.3) is 0 Å². The van der Waals surface area contributed by atoms with Crippen LogP contribution in [0.25, 0.3) is 11.3 Å². The molecule has 1 aliphatic heterocycles. The van der Waals surface area contributed by atoms with Crippen molar-refractivity contribution in [3.63, 3.8) is 0 Å². The van der Waals surface area contributed by atoms with E-state index in [1.54, 1.807) is 48.4 Å². The van der Waals surface area contributed by atoms with Crippen LogP contribution in [-0.4, -0.2) is 59.3 Å². The third-order valence-electron chi connectivity index (χ3n) is 5.78. The van der Waals surface area contributed by atoms with E-state index in [0.717, 1.165) is 10.4 Å². The molecule has 182 valence electrons. The second kappa shape index (κ2) is 10.0. The fraction of sp³-hybridized carbons (Fsp3) is 0.348. The molecule has 1 aromatic heterocycles. The van der Waals surface area contributed by atoms with Gasteiger partial charge in [0, 0.05) is 43.5 Å². The summed E-state index contributed by atoms with van der Waals surface area (Å²) >= 11 is 12.2. The molecule has 34 heavy (non-hydrogen) atoms. The lowest BCUT2D eigenvalue weighted by Gasteiger charge is -2.38. The van der Waals surface area contributed by atoms with Crippen LogP contribution >= 0.6 is 23.2 Å². The molecule has 0 amide bonds. The molecule has 0 saturated carbocycles. The molecule has 1 aliphatic rings. The van der Waals surface area contributed by atoms with Gasteiger partial charge in [0.05, 0.1) is 23.7 Å². The SMILES string of the molecule is COc1cc(N2CCN(C(O)Cn3nc(-c4ccccc4)c(Cl)c3C(F)(F)F)CC2)ccc1Cl. The van der Waals surface area contributed by atoms with Crippen molar-refractivity contribution in [1.29, 1.82) is 0 Å². The minimum atomic E-state index is -4.72. The standard InChI is InChI=1S/C23H23Cl2F3N4O2/c1-34-18-13-16(7-8-17(18)24)30-9-11-31(12-10-30)19(33)14-32-22(23(26,27)28)20(25)21(29-32)15-5-3-2-4-6-15/h2-8,13,19,33H,9-12,14H2,1H3. The Morgan fingerprint density at radius 1 is 1.06 bits per heavy atom. The zero-order valence-electron chi connectivity index (χ0n) is 18.3. The topological polar surface area (TPSA) is 53.8 Å². The van der Waals surface area contributed by atoms with Gasteiger partial charge in [-0.25, -0.2) is 0 Å². The van der Waals surface area contributed by atoms with Crippen LogP contribution in [0.4, 0.5) is 18.9 Å². The first-order chi connectivity index (χ1) is 16.2. The number of hydrogen-bond acceptors (Lipinski definition) is 5. The highest BCUT2D eigenvalue weighted by Crippen LogP contribution is 2.40. The Labute approximate surface area is 205 Å². The van der Waals surface area contributed by atoms with Gasteiger partial charge in [0.2, 0.25) is 0 Å². The molecule has 2 aromatic carbocycles. The van der Waals surface area contributed by atoms with E-state index in [0.29, 0.717) is 42.5 Å². The Balaban J connectivity index is 1.49. The second-order valence-electron chi connectivity index (χ2n) is 7.88. The van der Waals surface area contributed by atoms with Crippen molar-refractivity contribution in [3.05, 3.63) is 64.3 Å². The van der Waals surface area contributed by atoms with Crippen LogP contribution in [-0.2, 0) is 12.7 Å². The molecular weight excluding hydrogens is 492 g/mol. The number of piperazine rings is 1. The number of aliphatic hydroxyl groups excluding tert-OH is 1. The summed E-state index contributed by atoms with van der Waals surface area (Å²) in [5.41, 5.74) is 0.349. The van der Waals surface area contributed by atoms with Gasteiger partial charge in [-0.2, -0.15) is 18.3 Å². The van der Waals surface area contributed by atoms with Gasteiger partial charge in [0.1, 0.15) is 17.7 Å². The van der Waals surface area contributed by atoms with Crippen LogP contribution in [0.15, 0.2) is 48.5 Å². The Morgan fingerprint density at radius 2 is 1.74 bits per heavy atom. The Hall–Kier alpha value is -2.46. The summed E-state index contributed by atoms with van der Waals surface area (Å²) in [4.78, 5) is 3.82. The van der Waals surface area contributed by atoms with E-state index < -0.39 is 23.1 Å². The molecule has 0 aliphatic carbocycles. The number of rotatable bonds is 6. The third-order valence-corrected chi connectivity index (χ3v) is 6.45. The summed E-state index contributed by atoms with van der Waals surface area (Å²) in [6.07, 6.45) is -5.88. The lowest BCUT2D eigenvalue weighted by Crippen LogP contribution is -2.51. The zero-order chi connectivity index (χ0) is 24.5. The number of halogens is 5. The van der Waals surface area contributed by atoms with Gasteiger partial charge in [-0.05, 0) is 12.1 Å². The van der Waals surface area contributed by atoms with Crippen molar-refractivity contribution in [2.45, 2.75) is 18.9 Å². The summed E-state index contributed by atoms with van der Waals surface area (Å²) in [6.45, 7) is 1.68. The maximum Gasteiger partial charge on any atom is 0.434 e. The molecule has 4 rings (SSSR count). The number of aromatic nitrogens is 2. The molecule has 0 bridgehead atoms. The molecule has 0 spiro atoms. The van der Waals surface area contributed by atoms with Crippen molar-refractivity contribution < 1.29 is 23.0 Å². The number of nitrogens with zero attached hydrogens (tertiary/aromatic N) is 4. The number of alkyl halides is 3. The highest BCUT2D eigenvalue weighted by Gasteiger charge is 2.40. The van der Waals surface area contributed by atoms with Crippen LogP contribution < -0.4 is 9.64 Å². The first-order valence-electron chi connectivity index (χ1n) is 10.6. The normalized spacial score (nSPS) is 16.0. The fourth-order valence-electron chi connectivity index (χ4n) is 4.02. The molecule has 1 fully saturated rings. The van der Waals surface area contributed by atoms with Crippen LogP contribution in [0.5, 0.6) is 5.75 Å². The number of methoxy groups -OCH3 is 1. The lowest BCUT2D eigenvalue weighted by molar-refractivity contribution is -0.145. The van der Waals surface area contributed by atoms with E-state index in [2.05, 4.69) is 10.00 Å². The van der Waals surface area contributed by atoms with E-state index in [9.17, 15) is 18.3 Å². The summed E-state index contributed by atoms with van der Waals surface area (Å²) in [6, 6.07) is 13.9. The first kappa shape index (κ1) is 24.7. The van der Waals surface area contributed by atoms with Gasteiger partial charge in [0.15, 0.2) is 5.69 Å². The van der Waals surface area contributed by atoms with E-state index in [-0.39, 0.29) is 12.2 Å². The Bertz CT molecular complexity index is 1130. The van der Waals surface area contributed by atoms with Crippen LogP contribution in [0.2, 0.25) is 10.0 Å². The predicted molar refractivity (Wildman–Crippen MR) is 125 cm³/mol. The summed E-state index contributed by atoms with van der Waals surface area (Å²) in [7, 11) is 1.54. The molecule has 11 heteroatoms. The van der Waals surface area contributed by atoms with Gasteiger partial charge in [-0.1, -0.05) is 53.5 Å². The fourth-order valence-corrected chi connectivity index (χ4v) is 4.56. The Morgan fingerprint density at radius 3 is 2.35 bits per heavy atom. The van der Waals surface area contributed by atoms with Crippen LogP contribution in [0.3, 0.4) is 0 Å². The Kier molecular flexibility index (Phi) is 7.28. The molecule has 0 radical (unpaired) electrons. The van der Waals surface area contributed by atoms with Crippen LogP contribution in [0.1, 0.15) is 5.69 Å². The maximum absolute atomic E-state index is 13.8. The van der Waals surface area contributed by atoms with E-state index >= 15 is 0 Å².